The third kappa shape index (κ3) is 2.69. The van der Waals surface area contributed by atoms with Crippen molar-refractivity contribution in [2.45, 2.75) is 0 Å². The largest absolute Gasteiger partial charge is 0.495 e. The lowest BCUT2D eigenvalue weighted by Crippen LogP contribution is -2.27. The lowest BCUT2D eigenvalue weighted by atomic mass is 10.2. The van der Waals surface area contributed by atoms with Crippen molar-refractivity contribution < 1.29 is 9.53 Å². The third-order valence-corrected chi connectivity index (χ3v) is 2.88. The number of hydrogen-bond donors (Lipinski definition) is 1. The first-order valence-corrected chi connectivity index (χ1v) is 6.08. The minimum atomic E-state index is -0.246. The van der Waals surface area contributed by atoms with Crippen molar-refractivity contribution in [3.63, 3.8) is 0 Å². The molecule has 6 nitrogen and oxygen atoms in total. The van der Waals surface area contributed by atoms with Gasteiger partial charge in [0.1, 0.15) is 17.3 Å². The number of carbonyl (C=O) groups excluding carboxylic acids is 1. The molecule has 1 amide bonds. The fourth-order valence-corrected chi connectivity index (χ4v) is 1.76. The first-order valence-electron chi connectivity index (χ1n) is 6.08. The summed E-state index contributed by atoms with van der Waals surface area (Å²) in [4.78, 5) is 22.0. The molecule has 0 aliphatic rings. The van der Waals surface area contributed by atoms with Crippen LogP contribution in [0.15, 0.2) is 36.7 Å². The molecule has 0 aliphatic carbocycles. The van der Waals surface area contributed by atoms with E-state index in [4.69, 9.17) is 4.74 Å². The highest BCUT2D eigenvalue weighted by atomic mass is 16.5. The minimum Gasteiger partial charge on any atom is -0.495 e. The normalized spacial score (nSPS) is 9.95. The zero-order valence-corrected chi connectivity index (χ0v) is 11.6. The molecule has 1 aromatic carbocycles. The number of hydrogen-bond acceptors (Lipinski definition) is 5. The van der Waals surface area contributed by atoms with Gasteiger partial charge >= 0.3 is 0 Å². The van der Waals surface area contributed by atoms with Crippen LogP contribution in [0.1, 0.15) is 10.5 Å². The number of benzene rings is 1. The average molecular weight is 272 g/mol. The van der Waals surface area contributed by atoms with Crippen LogP contribution < -0.4 is 15.0 Å². The second-order valence-corrected chi connectivity index (χ2v) is 4.07. The second kappa shape index (κ2) is 6.01. The van der Waals surface area contributed by atoms with E-state index in [1.807, 2.05) is 18.2 Å². The van der Waals surface area contributed by atoms with E-state index in [1.54, 1.807) is 27.3 Å². The fourth-order valence-electron chi connectivity index (χ4n) is 1.76. The van der Waals surface area contributed by atoms with E-state index in [2.05, 4.69) is 15.3 Å². The van der Waals surface area contributed by atoms with Gasteiger partial charge in [-0.05, 0) is 12.1 Å². The molecule has 1 N–H and O–H groups in total. The maximum atomic E-state index is 12.4. The van der Waals surface area contributed by atoms with E-state index in [1.165, 1.54) is 17.3 Å². The quantitative estimate of drug-likeness (QED) is 0.919. The molecule has 0 saturated heterocycles. The molecule has 0 atom stereocenters. The van der Waals surface area contributed by atoms with Crippen molar-refractivity contribution in [3.05, 3.63) is 42.4 Å². The van der Waals surface area contributed by atoms with Gasteiger partial charge in [-0.25, -0.2) is 9.97 Å². The first-order chi connectivity index (χ1) is 9.67. The summed E-state index contributed by atoms with van der Waals surface area (Å²) in [5.41, 5.74) is 0.955. The number of para-hydroxylation sites is 2. The summed E-state index contributed by atoms with van der Waals surface area (Å²) in [5.74, 6) is 0.995. The molecule has 104 valence electrons. The Bertz CT molecular complexity index is 598. The summed E-state index contributed by atoms with van der Waals surface area (Å²) in [7, 11) is 4.99. The van der Waals surface area contributed by atoms with E-state index < -0.39 is 0 Å². The van der Waals surface area contributed by atoms with Crippen LogP contribution in [-0.4, -0.2) is 37.1 Å². The molecule has 6 heteroatoms. The van der Waals surface area contributed by atoms with Crippen LogP contribution in [0.4, 0.5) is 11.5 Å². The summed E-state index contributed by atoms with van der Waals surface area (Å²) in [6, 6.07) is 7.31. The standard InChI is InChI=1S/C14H16N4O2/c1-15-13-9-16-10(8-17-13)14(19)18(2)11-6-4-5-7-12(11)20-3/h4-9H,1-3H3,(H,15,17). The number of rotatable bonds is 4. The molecular weight excluding hydrogens is 256 g/mol. The van der Waals surface area contributed by atoms with E-state index >= 15 is 0 Å². The highest BCUT2D eigenvalue weighted by molar-refractivity contribution is 6.05. The molecule has 0 bridgehead atoms. The predicted molar refractivity (Wildman–Crippen MR) is 77.3 cm³/mol. The van der Waals surface area contributed by atoms with E-state index in [0.29, 0.717) is 17.3 Å². The van der Waals surface area contributed by atoms with Crippen molar-refractivity contribution in [2.24, 2.45) is 0 Å². The summed E-state index contributed by atoms with van der Waals surface area (Å²) in [5, 5.41) is 2.85. The number of anilines is 2. The number of nitrogens with one attached hydrogen (secondary N) is 1. The van der Waals surface area contributed by atoms with Crippen LogP contribution in [0, 0.1) is 0 Å². The molecule has 0 unspecified atom stereocenters. The SMILES string of the molecule is CNc1cnc(C(=O)N(C)c2ccccc2OC)cn1. The van der Waals surface area contributed by atoms with Crippen LogP contribution in [-0.2, 0) is 0 Å². The topological polar surface area (TPSA) is 67.4 Å². The lowest BCUT2D eigenvalue weighted by Gasteiger charge is -2.19. The smallest absolute Gasteiger partial charge is 0.278 e. The highest BCUT2D eigenvalue weighted by Crippen LogP contribution is 2.27. The predicted octanol–water partition coefficient (Wildman–Crippen LogP) is 1.80. The van der Waals surface area contributed by atoms with Gasteiger partial charge in [-0.1, -0.05) is 12.1 Å². The number of amides is 1. The Morgan fingerprint density at radius 2 is 2.00 bits per heavy atom. The molecule has 0 radical (unpaired) electrons. The van der Waals surface area contributed by atoms with Crippen LogP contribution >= 0.6 is 0 Å². The number of ether oxygens (including phenoxy) is 1. The molecule has 0 spiro atoms. The lowest BCUT2D eigenvalue weighted by molar-refractivity contribution is 0.0987. The molecule has 1 heterocycles. The summed E-state index contributed by atoms with van der Waals surface area (Å²) >= 11 is 0. The second-order valence-electron chi connectivity index (χ2n) is 4.07. The van der Waals surface area contributed by atoms with Crippen molar-refractivity contribution in [2.75, 3.05) is 31.4 Å². The van der Waals surface area contributed by atoms with Gasteiger partial charge < -0.3 is 15.0 Å². The van der Waals surface area contributed by atoms with Gasteiger partial charge in [0.15, 0.2) is 0 Å². The third-order valence-electron chi connectivity index (χ3n) is 2.88. The minimum absolute atomic E-state index is 0.246. The van der Waals surface area contributed by atoms with Crippen LogP contribution in [0.2, 0.25) is 0 Å². The molecule has 0 saturated carbocycles. The van der Waals surface area contributed by atoms with Gasteiger partial charge in [0.25, 0.3) is 5.91 Å². The van der Waals surface area contributed by atoms with Gasteiger partial charge in [0, 0.05) is 14.1 Å². The van der Waals surface area contributed by atoms with Crippen LogP contribution in [0.25, 0.3) is 0 Å². The Labute approximate surface area is 117 Å². The Balaban J connectivity index is 2.27. The summed E-state index contributed by atoms with van der Waals surface area (Å²) in [6.07, 6.45) is 2.96. The Hall–Kier alpha value is -2.63. The monoisotopic (exact) mass is 272 g/mol. The zero-order chi connectivity index (χ0) is 14.5. The Kier molecular flexibility index (Phi) is 4.14. The number of nitrogens with zero attached hydrogens (tertiary/aromatic N) is 3. The van der Waals surface area contributed by atoms with Crippen molar-refractivity contribution in [3.8, 4) is 5.75 Å². The van der Waals surface area contributed by atoms with E-state index in [0.717, 1.165) is 0 Å². The molecule has 1 aromatic heterocycles. The van der Waals surface area contributed by atoms with Crippen LogP contribution in [0.5, 0.6) is 5.75 Å². The van der Waals surface area contributed by atoms with Crippen LogP contribution in [0.3, 0.4) is 0 Å². The van der Waals surface area contributed by atoms with Crippen molar-refractivity contribution in [1.29, 1.82) is 0 Å². The number of carbonyl (C=O) groups is 1. The van der Waals surface area contributed by atoms with Gasteiger partial charge in [-0.15, -0.1) is 0 Å². The number of methoxy groups -OCH3 is 1. The van der Waals surface area contributed by atoms with Gasteiger partial charge in [-0.3, -0.25) is 4.79 Å². The van der Waals surface area contributed by atoms with Gasteiger partial charge in [0.2, 0.25) is 0 Å². The highest BCUT2D eigenvalue weighted by Gasteiger charge is 2.18. The molecule has 0 aliphatic heterocycles. The Morgan fingerprint density at radius 1 is 1.25 bits per heavy atom. The Morgan fingerprint density at radius 3 is 2.60 bits per heavy atom. The number of aromatic nitrogens is 2. The summed E-state index contributed by atoms with van der Waals surface area (Å²) in [6.45, 7) is 0. The maximum absolute atomic E-state index is 12.4. The van der Waals surface area contributed by atoms with E-state index in [-0.39, 0.29) is 11.6 Å². The molecule has 2 rings (SSSR count). The first kappa shape index (κ1) is 13.8. The van der Waals surface area contributed by atoms with Gasteiger partial charge in [-0.2, -0.15) is 0 Å². The van der Waals surface area contributed by atoms with Crippen molar-refractivity contribution in [1.82, 2.24) is 9.97 Å². The molecular formula is C14H16N4O2. The summed E-state index contributed by atoms with van der Waals surface area (Å²) < 4.78 is 5.25. The molecule has 20 heavy (non-hydrogen) atoms. The zero-order valence-electron chi connectivity index (χ0n) is 11.6. The van der Waals surface area contributed by atoms with Gasteiger partial charge in [0.05, 0.1) is 25.2 Å². The molecule has 2 aromatic rings. The van der Waals surface area contributed by atoms with E-state index in [9.17, 15) is 4.79 Å². The maximum Gasteiger partial charge on any atom is 0.278 e. The fraction of sp³-hybridized carbons (Fsp3) is 0.214. The molecule has 0 fully saturated rings. The van der Waals surface area contributed by atoms with Crippen molar-refractivity contribution >= 4 is 17.4 Å². The average Bonchev–Trinajstić information content (AvgIpc) is 2.53.